The van der Waals surface area contributed by atoms with Crippen LogP contribution in [0.25, 0.3) is 0 Å². The van der Waals surface area contributed by atoms with Crippen molar-refractivity contribution in [2.45, 2.75) is 45.1 Å². The number of hydrogen-bond acceptors (Lipinski definition) is 3. The van der Waals surface area contributed by atoms with E-state index in [0.717, 1.165) is 25.7 Å². The number of unbranched alkanes of at least 4 members (excludes halogenated alkanes) is 1. The van der Waals surface area contributed by atoms with Crippen LogP contribution < -0.4 is 5.32 Å². The maximum Gasteiger partial charge on any atom is 0.238 e. The van der Waals surface area contributed by atoms with Gasteiger partial charge in [-0.15, -0.1) is 0 Å². The van der Waals surface area contributed by atoms with Crippen LogP contribution in [0.2, 0.25) is 0 Å². The lowest BCUT2D eigenvalue weighted by Crippen LogP contribution is -2.51. The van der Waals surface area contributed by atoms with Gasteiger partial charge in [0.15, 0.2) is 0 Å². The fraction of sp³-hybridized carbons (Fsp3) is 0.909. The second kappa shape index (κ2) is 6.35. The molecular formula is C11H22N2O3S. The Labute approximate surface area is 104 Å². The SMILES string of the molecule is CCCCNC(=O)[C@H]1CCCCN1S(C)(=O)=O. The highest BCUT2D eigenvalue weighted by atomic mass is 32.2. The number of nitrogens with one attached hydrogen (secondary N) is 1. The molecule has 17 heavy (non-hydrogen) atoms. The van der Waals surface area contributed by atoms with Gasteiger partial charge in [-0.05, 0) is 19.3 Å². The lowest BCUT2D eigenvalue weighted by Gasteiger charge is -2.32. The van der Waals surface area contributed by atoms with Crippen LogP contribution >= 0.6 is 0 Å². The van der Waals surface area contributed by atoms with Crippen LogP contribution in [0.1, 0.15) is 39.0 Å². The zero-order valence-corrected chi connectivity index (χ0v) is 11.4. The highest BCUT2D eigenvalue weighted by Gasteiger charge is 2.33. The average Bonchev–Trinajstić information content (AvgIpc) is 2.28. The van der Waals surface area contributed by atoms with Crippen molar-refractivity contribution in [3.8, 4) is 0 Å². The molecule has 5 nitrogen and oxygen atoms in total. The minimum Gasteiger partial charge on any atom is -0.355 e. The van der Waals surface area contributed by atoms with Crippen molar-refractivity contribution in [1.29, 1.82) is 0 Å². The summed E-state index contributed by atoms with van der Waals surface area (Å²) in [6, 6.07) is -0.504. The third-order valence-electron chi connectivity index (χ3n) is 3.01. The zero-order chi connectivity index (χ0) is 12.9. The van der Waals surface area contributed by atoms with Gasteiger partial charge in [0.1, 0.15) is 6.04 Å². The molecule has 0 aromatic rings. The normalized spacial score (nSPS) is 22.4. The minimum absolute atomic E-state index is 0.149. The van der Waals surface area contributed by atoms with Gasteiger partial charge < -0.3 is 5.32 Å². The summed E-state index contributed by atoms with van der Waals surface area (Å²) >= 11 is 0. The molecule has 1 saturated heterocycles. The predicted molar refractivity (Wildman–Crippen MR) is 67.1 cm³/mol. The van der Waals surface area contributed by atoms with Gasteiger partial charge in [-0.25, -0.2) is 8.42 Å². The fourth-order valence-corrected chi connectivity index (χ4v) is 3.19. The van der Waals surface area contributed by atoms with Crippen molar-refractivity contribution < 1.29 is 13.2 Å². The first-order chi connectivity index (χ1) is 7.96. The third-order valence-corrected chi connectivity index (χ3v) is 4.30. The van der Waals surface area contributed by atoms with E-state index in [-0.39, 0.29) is 5.91 Å². The van der Waals surface area contributed by atoms with Crippen molar-refractivity contribution in [2.75, 3.05) is 19.3 Å². The summed E-state index contributed by atoms with van der Waals surface area (Å²) in [6.07, 6.45) is 5.50. The Morgan fingerprint density at radius 1 is 1.41 bits per heavy atom. The predicted octanol–water partition coefficient (Wildman–Crippen LogP) is 0.717. The number of piperidine rings is 1. The molecule has 1 N–H and O–H groups in total. The molecular weight excluding hydrogens is 240 g/mol. The number of sulfonamides is 1. The first kappa shape index (κ1) is 14.4. The molecule has 1 heterocycles. The molecule has 1 aliphatic heterocycles. The van der Waals surface area contributed by atoms with Gasteiger partial charge in [0.2, 0.25) is 15.9 Å². The van der Waals surface area contributed by atoms with Crippen LogP contribution in [-0.2, 0) is 14.8 Å². The molecule has 1 rings (SSSR count). The number of carbonyl (C=O) groups is 1. The molecule has 100 valence electrons. The summed E-state index contributed by atoms with van der Waals surface area (Å²) in [5, 5.41) is 2.81. The lowest BCUT2D eigenvalue weighted by atomic mass is 10.0. The van der Waals surface area contributed by atoms with Gasteiger partial charge in [-0.2, -0.15) is 4.31 Å². The van der Waals surface area contributed by atoms with E-state index in [1.807, 2.05) is 0 Å². The second-order valence-corrected chi connectivity index (χ2v) is 6.46. The van der Waals surface area contributed by atoms with E-state index in [1.54, 1.807) is 0 Å². The summed E-state index contributed by atoms with van der Waals surface area (Å²) < 4.78 is 24.5. The van der Waals surface area contributed by atoms with Gasteiger partial charge in [0.05, 0.1) is 6.26 Å². The number of amides is 1. The molecule has 1 amide bonds. The van der Waals surface area contributed by atoms with Gasteiger partial charge in [-0.1, -0.05) is 19.8 Å². The molecule has 0 saturated carbocycles. The van der Waals surface area contributed by atoms with Gasteiger partial charge in [0.25, 0.3) is 0 Å². The first-order valence-electron chi connectivity index (χ1n) is 6.21. The molecule has 0 radical (unpaired) electrons. The highest BCUT2D eigenvalue weighted by Crippen LogP contribution is 2.19. The quantitative estimate of drug-likeness (QED) is 0.742. The Morgan fingerprint density at radius 3 is 2.71 bits per heavy atom. The molecule has 0 aliphatic carbocycles. The maximum absolute atomic E-state index is 11.9. The van der Waals surface area contributed by atoms with E-state index in [9.17, 15) is 13.2 Å². The average molecular weight is 262 g/mol. The molecule has 1 atom stereocenters. The standard InChI is InChI=1S/C11H22N2O3S/c1-3-4-8-12-11(14)10-7-5-6-9-13(10)17(2,15)16/h10H,3-9H2,1-2H3,(H,12,14)/t10-/m1/s1. The monoisotopic (exact) mass is 262 g/mol. The molecule has 1 aliphatic rings. The van der Waals surface area contributed by atoms with Gasteiger partial charge in [0, 0.05) is 13.1 Å². The first-order valence-corrected chi connectivity index (χ1v) is 8.06. The van der Waals surface area contributed by atoms with Crippen molar-refractivity contribution in [1.82, 2.24) is 9.62 Å². The number of nitrogens with zero attached hydrogens (tertiary/aromatic N) is 1. The Kier molecular flexibility index (Phi) is 5.39. The lowest BCUT2D eigenvalue weighted by molar-refractivity contribution is -0.125. The number of carbonyl (C=O) groups excluding carboxylic acids is 1. The summed E-state index contributed by atoms with van der Waals surface area (Å²) in [7, 11) is -3.28. The molecule has 0 bridgehead atoms. The van der Waals surface area contributed by atoms with E-state index in [0.29, 0.717) is 19.5 Å². The Bertz CT molecular complexity index is 354. The summed E-state index contributed by atoms with van der Waals surface area (Å²) in [6.45, 7) is 3.14. The van der Waals surface area contributed by atoms with Crippen LogP contribution in [0.15, 0.2) is 0 Å². The molecule has 0 aromatic carbocycles. The van der Waals surface area contributed by atoms with Crippen molar-refractivity contribution in [3.63, 3.8) is 0 Å². The van der Waals surface area contributed by atoms with Crippen LogP contribution in [0.4, 0.5) is 0 Å². The Morgan fingerprint density at radius 2 is 2.12 bits per heavy atom. The smallest absolute Gasteiger partial charge is 0.238 e. The summed E-state index contributed by atoms with van der Waals surface area (Å²) in [5.74, 6) is -0.149. The molecule has 0 unspecified atom stereocenters. The summed E-state index contributed by atoms with van der Waals surface area (Å²) in [4.78, 5) is 11.9. The molecule has 0 aromatic heterocycles. The highest BCUT2D eigenvalue weighted by molar-refractivity contribution is 7.88. The van der Waals surface area contributed by atoms with E-state index < -0.39 is 16.1 Å². The maximum atomic E-state index is 11.9. The van der Waals surface area contributed by atoms with Crippen molar-refractivity contribution in [3.05, 3.63) is 0 Å². The second-order valence-electron chi connectivity index (χ2n) is 4.53. The van der Waals surface area contributed by atoms with Crippen molar-refractivity contribution in [2.24, 2.45) is 0 Å². The van der Waals surface area contributed by atoms with Crippen LogP contribution in [-0.4, -0.2) is 44.0 Å². The number of rotatable bonds is 5. The third kappa shape index (κ3) is 4.27. The van der Waals surface area contributed by atoms with Crippen LogP contribution in [0.3, 0.4) is 0 Å². The van der Waals surface area contributed by atoms with Crippen LogP contribution in [0.5, 0.6) is 0 Å². The van der Waals surface area contributed by atoms with E-state index >= 15 is 0 Å². The summed E-state index contributed by atoms with van der Waals surface area (Å²) in [5.41, 5.74) is 0. The largest absolute Gasteiger partial charge is 0.355 e. The fourth-order valence-electron chi connectivity index (χ4n) is 2.07. The Balaban J connectivity index is 2.62. The van der Waals surface area contributed by atoms with Crippen molar-refractivity contribution >= 4 is 15.9 Å². The molecule has 1 fully saturated rings. The van der Waals surface area contributed by atoms with Gasteiger partial charge >= 0.3 is 0 Å². The van der Waals surface area contributed by atoms with E-state index in [1.165, 1.54) is 10.6 Å². The molecule has 0 spiro atoms. The Hall–Kier alpha value is -0.620. The topological polar surface area (TPSA) is 66.5 Å². The van der Waals surface area contributed by atoms with Gasteiger partial charge in [-0.3, -0.25) is 4.79 Å². The van der Waals surface area contributed by atoms with E-state index in [2.05, 4.69) is 12.2 Å². The molecule has 6 heteroatoms. The zero-order valence-electron chi connectivity index (χ0n) is 10.6. The van der Waals surface area contributed by atoms with E-state index in [4.69, 9.17) is 0 Å². The van der Waals surface area contributed by atoms with Crippen LogP contribution in [0, 0.1) is 0 Å². The number of hydrogen-bond donors (Lipinski definition) is 1. The minimum atomic E-state index is -3.28.